The third-order valence-corrected chi connectivity index (χ3v) is 5.38. The van der Waals surface area contributed by atoms with E-state index in [-0.39, 0.29) is 34.7 Å². The fourth-order valence-electron chi connectivity index (χ4n) is 2.53. The van der Waals surface area contributed by atoms with Crippen LogP contribution in [0, 0.1) is 19.8 Å². The summed E-state index contributed by atoms with van der Waals surface area (Å²) < 4.78 is 31.6. The van der Waals surface area contributed by atoms with Crippen molar-refractivity contribution >= 4 is 15.9 Å². The van der Waals surface area contributed by atoms with E-state index in [0.717, 1.165) is 6.42 Å². The van der Waals surface area contributed by atoms with Gasteiger partial charge in [0.05, 0.1) is 6.54 Å². The molecule has 8 heteroatoms. The molecular weight excluding hydrogens is 342 g/mol. The summed E-state index contributed by atoms with van der Waals surface area (Å²) in [6.45, 7) is 5.23. The average Bonchev–Trinajstić information content (AvgIpc) is 2.91. The summed E-state index contributed by atoms with van der Waals surface area (Å²) in [6, 6.07) is 9.99. The second kappa shape index (κ2) is 8.26. The number of carbonyl (C=O) groups excluding carboxylic acids is 1. The molecule has 0 spiro atoms. The van der Waals surface area contributed by atoms with Gasteiger partial charge in [-0.15, -0.1) is 0 Å². The van der Waals surface area contributed by atoms with Crippen LogP contribution in [-0.4, -0.2) is 32.6 Å². The highest BCUT2D eigenvalue weighted by Gasteiger charge is 2.24. The van der Waals surface area contributed by atoms with Crippen LogP contribution in [0.3, 0.4) is 0 Å². The Bertz CT molecular complexity index is 796. The summed E-state index contributed by atoms with van der Waals surface area (Å²) in [4.78, 5) is 11.9. The van der Waals surface area contributed by atoms with Gasteiger partial charge in [-0.2, -0.15) is 0 Å². The Hall–Kier alpha value is -2.19. The second-order valence-corrected chi connectivity index (χ2v) is 7.78. The predicted molar refractivity (Wildman–Crippen MR) is 93.5 cm³/mol. The highest BCUT2D eigenvalue weighted by atomic mass is 32.2. The molecule has 25 heavy (non-hydrogen) atoms. The monoisotopic (exact) mass is 365 g/mol. The van der Waals surface area contributed by atoms with Gasteiger partial charge in [0.1, 0.15) is 10.6 Å². The molecule has 1 aromatic carbocycles. The molecule has 1 aromatic heterocycles. The van der Waals surface area contributed by atoms with Crippen molar-refractivity contribution in [3.63, 3.8) is 0 Å². The van der Waals surface area contributed by atoms with Crippen LogP contribution in [0.15, 0.2) is 39.8 Å². The number of hydrogen-bond donors (Lipinski definition) is 2. The van der Waals surface area contributed by atoms with E-state index >= 15 is 0 Å². The maximum atomic E-state index is 12.2. The van der Waals surface area contributed by atoms with E-state index in [1.807, 2.05) is 37.3 Å². The van der Waals surface area contributed by atoms with Crippen molar-refractivity contribution < 1.29 is 17.7 Å². The van der Waals surface area contributed by atoms with Crippen LogP contribution >= 0.6 is 0 Å². The SMILES string of the molecule is Cc1noc(C)c1S(=O)(=O)NCC(=O)NCC(C)Cc1ccccc1. The molecule has 136 valence electrons. The first kappa shape index (κ1) is 19.1. The first-order valence-electron chi connectivity index (χ1n) is 8.02. The van der Waals surface area contributed by atoms with Crippen molar-refractivity contribution in [2.24, 2.45) is 5.92 Å². The normalized spacial score (nSPS) is 12.8. The fraction of sp³-hybridized carbons (Fsp3) is 0.412. The van der Waals surface area contributed by atoms with Crippen molar-refractivity contribution in [3.05, 3.63) is 47.3 Å². The van der Waals surface area contributed by atoms with Gasteiger partial charge < -0.3 is 9.84 Å². The Labute approximate surface area is 147 Å². The third kappa shape index (κ3) is 5.40. The largest absolute Gasteiger partial charge is 0.360 e. The number of nitrogens with zero attached hydrogens (tertiary/aromatic N) is 1. The lowest BCUT2D eigenvalue weighted by Crippen LogP contribution is -2.39. The number of sulfonamides is 1. The maximum Gasteiger partial charge on any atom is 0.246 e. The van der Waals surface area contributed by atoms with Crippen LogP contribution in [0.2, 0.25) is 0 Å². The average molecular weight is 365 g/mol. The molecule has 2 N–H and O–H groups in total. The minimum atomic E-state index is -3.83. The van der Waals surface area contributed by atoms with E-state index < -0.39 is 10.0 Å². The molecule has 1 unspecified atom stereocenters. The number of amides is 1. The summed E-state index contributed by atoms with van der Waals surface area (Å²) in [7, 11) is -3.83. The van der Waals surface area contributed by atoms with Crippen LogP contribution in [0.1, 0.15) is 23.9 Å². The Morgan fingerprint density at radius 1 is 1.24 bits per heavy atom. The van der Waals surface area contributed by atoms with Crippen molar-refractivity contribution in [1.29, 1.82) is 0 Å². The highest BCUT2D eigenvalue weighted by molar-refractivity contribution is 7.89. The van der Waals surface area contributed by atoms with Crippen molar-refractivity contribution in [3.8, 4) is 0 Å². The number of nitrogens with one attached hydrogen (secondary N) is 2. The summed E-state index contributed by atoms with van der Waals surface area (Å²) in [5.41, 5.74) is 1.46. The van der Waals surface area contributed by atoms with Gasteiger partial charge in [-0.05, 0) is 31.7 Å². The molecule has 0 aliphatic heterocycles. The molecule has 2 rings (SSSR count). The van der Waals surface area contributed by atoms with Crippen LogP contribution in [0.5, 0.6) is 0 Å². The second-order valence-electron chi connectivity index (χ2n) is 6.08. The zero-order valence-corrected chi connectivity index (χ0v) is 15.4. The number of aryl methyl sites for hydroxylation is 2. The third-order valence-electron chi connectivity index (χ3n) is 3.73. The number of rotatable bonds is 8. The number of aromatic nitrogens is 1. The van der Waals surface area contributed by atoms with E-state index in [1.54, 1.807) is 0 Å². The summed E-state index contributed by atoms with van der Waals surface area (Å²) in [6.07, 6.45) is 0.839. The molecule has 0 saturated heterocycles. The fourth-order valence-corrected chi connectivity index (χ4v) is 3.84. The molecule has 0 radical (unpaired) electrons. The standard InChI is InChI=1S/C17H23N3O4S/c1-12(9-15-7-5-4-6-8-15)10-18-16(21)11-19-25(22,23)17-13(2)20-24-14(17)3/h4-8,12,19H,9-11H2,1-3H3,(H,18,21). The van der Waals surface area contributed by atoms with E-state index in [2.05, 4.69) is 15.2 Å². The Morgan fingerprint density at radius 3 is 2.52 bits per heavy atom. The zero-order valence-electron chi connectivity index (χ0n) is 14.6. The van der Waals surface area contributed by atoms with E-state index in [9.17, 15) is 13.2 Å². The van der Waals surface area contributed by atoms with Crippen LogP contribution in [-0.2, 0) is 21.2 Å². The van der Waals surface area contributed by atoms with Gasteiger partial charge in [-0.1, -0.05) is 42.4 Å². The minimum Gasteiger partial charge on any atom is -0.360 e. The van der Waals surface area contributed by atoms with Gasteiger partial charge in [-0.3, -0.25) is 4.79 Å². The van der Waals surface area contributed by atoms with E-state index in [4.69, 9.17) is 4.52 Å². The summed E-state index contributed by atoms with van der Waals surface area (Å²) in [5.74, 6) is 0.0580. The first-order chi connectivity index (χ1) is 11.8. The van der Waals surface area contributed by atoms with Gasteiger partial charge in [-0.25, -0.2) is 13.1 Å². The van der Waals surface area contributed by atoms with Crippen molar-refractivity contribution in [1.82, 2.24) is 15.2 Å². The van der Waals surface area contributed by atoms with Crippen molar-refractivity contribution in [2.75, 3.05) is 13.1 Å². The molecule has 0 saturated carbocycles. The molecule has 0 aliphatic rings. The van der Waals surface area contributed by atoms with E-state index in [1.165, 1.54) is 19.4 Å². The predicted octanol–water partition coefficient (Wildman–Crippen LogP) is 1.56. The van der Waals surface area contributed by atoms with Crippen molar-refractivity contribution in [2.45, 2.75) is 32.1 Å². The maximum absolute atomic E-state index is 12.2. The zero-order chi connectivity index (χ0) is 18.4. The van der Waals surface area contributed by atoms with Gasteiger partial charge in [0.2, 0.25) is 15.9 Å². The van der Waals surface area contributed by atoms with Gasteiger partial charge in [0.25, 0.3) is 0 Å². The number of carbonyl (C=O) groups is 1. The molecule has 2 aromatic rings. The quantitative estimate of drug-likeness (QED) is 0.739. The lowest BCUT2D eigenvalue weighted by molar-refractivity contribution is -0.120. The van der Waals surface area contributed by atoms with Gasteiger partial charge in [0, 0.05) is 6.54 Å². The molecule has 1 amide bonds. The topological polar surface area (TPSA) is 101 Å². The van der Waals surface area contributed by atoms with Crippen LogP contribution in [0.4, 0.5) is 0 Å². The Balaban J connectivity index is 1.81. The molecule has 0 bridgehead atoms. The Kier molecular flexibility index (Phi) is 6.33. The highest BCUT2D eigenvalue weighted by Crippen LogP contribution is 2.18. The number of hydrogen-bond acceptors (Lipinski definition) is 5. The number of benzene rings is 1. The minimum absolute atomic E-state index is 0.0160. The smallest absolute Gasteiger partial charge is 0.246 e. The molecular formula is C17H23N3O4S. The summed E-state index contributed by atoms with van der Waals surface area (Å²) in [5, 5.41) is 6.36. The molecule has 1 atom stereocenters. The molecule has 7 nitrogen and oxygen atoms in total. The lowest BCUT2D eigenvalue weighted by atomic mass is 10.0. The summed E-state index contributed by atoms with van der Waals surface area (Å²) >= 11 is 0. The Morgan fingerprint density at radius 2 is 1.92 bits per heavy atom. The molecule has 0 fully saturated rings. The van der Waals surface area contributed by atoms with Gasteiger partial charge in [0.15, 0.2) is 5.76 Å². The lowest BCUT2D eigenvalue weighted by Gasteiger charge is -2.13. The van der Waals surface area contributed by atoms with Gasteiger partial charge >= 0.3 is 0 Å². The van der Waals surface area contributed by atoms with E-state index in [0.29, 0.717) is 6.54 Å². The van der Waals surface area contributed by atoms with Crippen LogP contribution < -0.4 is 10.0 Å². The first-order valence-corrected chi connectivity index (χ1v) is 9.51. The molecule has 1 heterocycles. The van der Waals surface area contributed by atoms with Crippen LogP contribution in [0.25, 0.3) is 0 Å². The molecule has 0 aliphatic carbocycles.